The third kappa shape index (κ3) is 1.08. The standard InChI is InChI=1S/C5H5NO2S/c1-6-2-3-9-5(8)4(6)7/h2-3H,1H3. The molecule has 0 N–H and O–H groups in total. The zero-order valence-corrected chi connectivity index (χ0v) is 5.64. The Hall–Kier alpha value is -0.900. The minimum Gasteiger partial charge on any atom is -0.314 e. The smallest absolute Gasteiger partial charge is 0.308 e. The molecule has 0 atom stereocenters. The van der Waals surface area contributed by atoms with E-state index in [1.54, 1.807) is 18.6 Å². The van der Waals surface area contributed by atoms with E-state index in [1.165, 1.54) is 4.57 Å². The molecule has 0 saturated carbocycles. The van der Waals surface area contributed by atoms with Gasteiger partial charge in [-0.15, -0.1) is 0 Å². The first kappa shape index (κ1) is 6.22. The molecular formula is C5H5NO2S. The third-order valence-electron chi connectivity index (χ3n) is 0.955. The number of aryl methyl sites for hydroxylation is 1. The summed E-state index contributed by atoms with van der Waals surface area (Å²) >= 11 is 0.919. The molecule has 0 aliphatic carbocycles. The molecule has 48 valence electrons. The van der Waals surface area contributed by atoms with E-state index in [2.05, 4.69) is 0 Å². The van der Waals surface area contributed by atoms with Gasteiger partial charge in [0.2, 0.25) is 0 Å². The van der Waals surface area contributed by atoms with Gasteiger partial charge in [0.1, 0.15) is 0 Å². The predicted molar refractivity (Wildman–Crippen MR) is 35.8 cm³/mol. The van der Waals surface area contributed by atoms with E-state index in [0.29, 0.717) is 0 Å². The van der Waals surface area contributed by atoms with Crippen LogP contribution in [0.25, 0.3) is 0 Å². The Labute approximate surface area is 55.2 Å². The van der Waals surface area contributed by atoms with Gasteiger partial charge in [-0.2, -0.15) is 0 Å². The van der Waals surface area contributed by atoms with Crippen LogP contribution in [-0.2, 0) is 7.05 Å². The molecule has 1 aromatic rings. The molecule has 0 aliphatic rings. The van der Waals surface area contributed by atoms with Gasteiger partial charge >= 0.3 is 5.56 Å². The molecule has 0 aromatic carbocycles. The highest BCUT2D eigenvalue weighted by atomic mass is 32.1. The van der Waals surface area contributed by atoms with Crippen LogP contribution in [0.15, 0.2) is 21.2 Å². The number of hydrogen-bond donors (Lipinski definition) is 0. The number of rotatable bonds is 0. The molecule has 1 rings (SSSR count). The Morgan fingerprint density at radius 1 is 1.56 bits per heavy atom. The van der Waals surface area contributed by atoms with E-state index in [0.717, 1.165) is 11.3 Å². The molecule has 0 amide bonds. The summed E-state index contributed by atoms with van der Waals surface area (Å²) < 4.78 is 0.846. The average Bonchev–Trinajstić information content (AvgIpc) is 1.83. The molecule has 0 bridgehead atoms. The Morgan fingerprint density at radius 2 is 2.22 bits per heavy atom. The van der Waals surface area contributed by atoms with Gasteiger partial charge in [0.15, 0.2) is 0 Å². The fourth-order valence-electron chi connectivity index (χ4n) is 0.446. The van der Waals surface area contributed by atoms with Crippen molar-refractivity contribution in [1.29, 1.82) is 0 Å². The van der Waals surface area contributed by atoms with Gasteiger partial charge < -0.3 is 4.57 Å². The van der Waals surface area contributed by atoms with Crippen molar-refractivity contribution in [2.24, 2.45) is 7.05 Å². The fourth-order valence-corrected chi connectivity index (χ4v) is 1.06. The minimum absolute atomic E-state index is 0.417. The van der Waals surface area contributed by atoms with Gasteiger partial charge in [-0.25, -0.2) is 0 Å². The van der Waals surface area contributed by atoms with Crippen LogP contribution in [-0.4, -0.2) is 4.57 Å². The largest absolute Gasteiger partial charge is 0.314 e. The van der Waals surface area contributed by atoms with Crippen LogP contribution in [0, 0.1) is 0 Å². The Morgan fingerprint density at radius 3 is 2.67 bits per heavy atom. The van der Waals surface area contributed by atoms with E-state index in [9.17, 15) is 9.59 Å². The van der Waals surface area contributed by atoms with Crippen molar-refractivity contribution in [2.75, 3.05) is 0 Å². The predicted octanol–water partition coefficient (Wildman–Crippen LogP) is -0.193. The highest BCUT2D eigenvalue weighted by Crippen LogP contribution is 1.77. The normalized spacial score (nSPS) is 9.44. The molecule has 1 aromatic heterocycles. The first-order valence-electron chi connectivity index (χ1n) is 2.36. The Balaban J connectivity index is 3.63. The van der Waals surface area contributed by atoms with Crippen LogP contribution in [0.3, 0.4) is 0 Å². The van der Waals surface area contributed by atoms with E-state index in [-0.39, 0.29) is 0 Å². The number of hydrogen-bond acceptors (Lipinski definition) is 3. The van der Waals surface area contributed by atoms with E-state index < -0.39 is 10.3 Å². The van der Waals surface area contributed by atoms with Crippen molar-refractivity contribution in [3.8, 4) is 0 Å². The van der Waals surface area contributed by atoms with Gasteiger partial charge in [-0.05, 0) is 0 Å². The van der Waals surface area contributed by atoms with E-state index in [1.807, 2.05) is 0 Å². The fraction of sp³-hybridized carbons (Fsp3) is 0.200. The first-order valence-corrected chi connectivity index (χ1v) is 3.24. The molecule has 3 nitrogen and oxygen atoms in total. The van der Waals surface area contributed by atoms with Crippen molar-refractivity contribution in [3.05, 3.63) is 31.5 Å². The lowest BCUT2D eigenvalue weighted by Crippen LogP contribution is -2.28. The van der Waals surface area contributed by atoms with Gasteiger partial charge in [0.05, 0.1) is 0 Å². The summed E-state index contributed by atoms with van der Waals surface area (Å²) in [6.45, 7) is 0. The zero-order chi connectivity index (χ0) is 6.85. The zero-order valence-electron chi connectivity index (χ0n) is 4.83. The maximum absolute atomic E-state index is 10.6. The van der Waals surface area contributed by atoms with Crippen LogP contribution in [0.5, 0.6) is 0 Å². The molecule has 0 fully saturated rings. The minimum atomic E-state index is -0.456. The van der Waals surface area contributed by atoms with Gasteiger partial charge in [0, 0.05) is 18.6 Å². The molecule has 4 heteroatoms. The monoisotopic (exact) mass is 143 g/mol. The molecule has 0 unspecified atom stereocenters. The summed E-state index contributed by atoms with van der Waals surface area (Å²) in [6.07, 6.45) is 1.56. The molecular weight excluding hydrogens is 138 g/mol. The SMILES string of the molecule is Cn1ccsc(=O)c1=O. The van der Waals surface area contributed by atoms with Gasteiger partial charge in [-0.3, -0.25) is 9.59 Å². The molecule has 0 radical (unpaired) electrons. The van der Waals surface area contributed by atoms with Crippen molar-refractivity contribution < 1.29 is 0 Å². The van der Waals surface area contributed by atoms with Crippen LogP contribution < -0.4 is 10.3 Å². The van der Waals surface area contributed by atoms with Crippen molar-refractivity contribution in [2.45, 2.75) is 0 Å². The topological polar surface area (TPSA) is 39.1 Å². The molecule has 0 aliphatic heterocycles. The van der Waals surface area contributed by atoms with Crippen molar-refractivity contribution in [1.82, 2.24) is 4.57 Å². The molecule has 1 heterocycles. The van der Waals surface area contributed by atoms with Crippen LogP contribution >= 0.6 is 11.3 Å². The quantitative estimate of drug-likeness (QED) is 0.472. The summed E-state index contributed by atoms with van der Waals surface area (Å²) in [7, 11) is 1.55. The molecule has 9 heavy (non-hydrogen) atoms. The Bertz CT molecular complexity index is 311. The van der Waals surface area contributed by atoms with Crippen LogP contribution in [0.4, 0.5) is 0 Å². The number of nitrogens with zero attached hydrogens (tertiary/aromatic N) is 1. The van der Waals surface area contributed by atoms with E-state index in [4.69, 9.17) is 0 Å². The molecule has 0 spiro atoms. The summed E-state index contributed by atoms with van der Waals surface area (Å²) in [5, 5.41) is 1.59. The Kier molecular flexibility index (Phi) is 1.48. The van der Waals surface area contributed by atoms with Crippen LogP contribution in [0.2, 0.25) is 0 Å². The van der Waals surface area contributed by atoms with Crippen LogP contribution in [0.1, 0.15) is 0 Å². The second-order valence-corrected chi connectivity index (χ2v) is 2.49. The van der Waals surface area contributed by atoms with Crippen molar-refractivity contribution in [3.63, 3.8) is 0 Å². The lowest BCUT2D eigenvalue weighted by molar-refractivity contribution is 0.861. The average molecular weight is 143 g/mol. The number of aromatic nitrogens is 1. The summed E-state index contributed by atoms with van der Waals surface area (Å²) in [5.41, 5.74) is -0.456. The van der Waals surface area contributed by atoms with Gasteiger partial charge in [0.25, 0.3) is 4.74 Å². The highest BCUT2D eigenvalue weighted by Gasteiger charge is 1.91. The summed E-state index contributed by atoms with van der Waals surface area (Å²) in [5.74, 6) is 0. The summed E-state index contributed by atoms with van der Waals surface area (Å²) in [6, 6.07) is 0. The second kappa shape index (κ2) is 2.14. The summed E-state index contributed by atoms with van der Waals surface area (Å²) in [4.78, 5) is 21.2. The lowest BCUT2D eigenvalue weighted by Gasteiger charge is -1.87. The third-order valence-corrected chi connectivity index (χ3v) is 1.60. The van der Waals surface area contributed by atoms with Gasteiger partial charge in [-0.1, -0.05) is 11.3 Å². The second-order valence-electron chi connectivity index (χ2n) is 1.61. The van der Waals surface area contributed by atoms with E-state index >= 15 is 0 Å². The first-order chi connectivity index (χ1) is 4.22. The highest BCUT2D eigenvalue weighted by molar-refractivity contribution is 7.07. The van der Waals surface area contributed by atoms with Crippen molar-refractivity contribution >= 4 is 11.3 Å². The maximum Gasteiger partial charge on any atom is 0.308 e. The molecule has 0 saturated heterocycles. The maximum atomic E-state index is 10.6. The lowest BCUT2D eigenvalue weighted by atomic mass is 10.8.